The zero-order valence-corrected chi connectivity index (χ0v) is 19.7. The molecule has 1 aromatic heterocycles. The van der Waals surface area contributed by atoms with Crippen molar-refractivity contribution in [3.05, 3.63) is 90.1 Å². The quantitative estimate of drug-likeness (QED) is 0.450. The van der Waals surface area contributed by atoms with Crippen LogP contribution in [0.25, 0.3) is 10.9 Å². The first-order valence-corrected chi connectivity index (χ1v) is 11.2. The first-order valence-electron chi connectivity index (χ1n) is 11.2. The zero-order valence-electron chi connectivity index (χ0n) is 18.1. The molecular weight excluding hydrogens is 448 g/mol. The Balaban J connectivity index is 0.00000231. The second kappa shape index (κ2) is 8.85. The number of hydrogen-bond donors (Lipinski definition) is 1. The molecule has 0 amide bonds. The molecule has 6 rings (SSSR count). The first-order chi connectivity index (χ1) is 14.6. The van der Waals surface area contributed by atoms with Crippen molar-refractivity contribution in [2.24, 2.45) is 11.8 Å². The molecule has 0 saturated carbocycles. The molecule has 0 radical (unpaired) electrons. The lowest BCUT2D eigenvalue weighted by atomic mass is 9.71. The Labute approximate surface area is 195 Å². The van der Waals surface area contributed by atoms with E-state index >= 15 is 0 Å². The number of aliphatic hydroxyl groups excluding tert-OH is 1. The number of fused-ring (bicyclic) bond motifs is 4. The molecule has 3 aromatic rings. The van der Waals surface area contributed by atoms with Crippen LogP contribution in [-0.4, -0.2) is 33.7 Å². The number of piperidine rings is 3. The second-order valence-electron chi connectivity index (χ2n) is 9.38. The molecule has 3 fully saturated rings. The summed E-state index contributed by atoms with van der Waals surface area (Å²) in [5.74, 6) is 1.18. The first kappa shape index (κ1) is 22.2. The highest BCUT2D eigenvalue weighted by Gasteiger charge is 2.53. The maximum Gasteiger partial charge on any atom is 0.131 e. The maximum absolute atomic E-state index is 11.7. The Morgan fingerprint density at radius 3 is 2.71 bits per heavy atom. The van der Waals surface area contributed by atoms with Crippen LogP contribution in [0.2, 0.25) is 0 Å². The minimum absolute atomic E-state index is 0. The van der Waals surface area contributed by atoms with Gasteiger partial charge in [0.05, 0.1) is 18.6 Å². The van der Waals surface area contributed by atoms with Crippen molar-refractivity contribution in [2.45, 2.75) is 38.5 Å². The summed E-state index contributed by atoms with van der Waals surface area (Å²) in [7, 11) is 0. The minimum Gasteiger partial charge on any atom is -1.00 e. The van der Waals surface area contributed by atoms with Gasteiger partial charge in [-0.2, -0.15) is 0 Å². The molecule has 3 aliphatic heterocycles. The van der Waals surface area contributed by atoms with Crippen LogP contribution in [0, 0.1) is 18.8 Å². The normalized spacial score (nSPS) is 28.1. The molecule has 0 aliphatic carbocycles. The number of aryl methyl sites for hydroxylation is 1. The summed E-state index contributed by atoms with van der Waals surface area (Å²) in [6.45, 7) is 9.46. The molecule has 1 N–H and O–H groups in total. The number of pyridine rings is 1. The Morgan fingerprint density at radius 2 is 1.94 bits per heavy atom. The average Bonchev–Trinajstić information content (AvgIpc) is 2.79. The molecule has 2 aromatic carbocycles. The highest BCUT2D eigenvalue weighted by molar-refractivity contribution is 5.82. The number of aromatic nitrogens is 1. The Bertz CT molecular complexity index is 1060. The van der Waals surface area contributed by atoms with Crippen LogP contribution in [0.15, 0.2) is 73.4 Å². The van der Waals surface area contributed by atoms with Crippen molar-refractivity contribution < 1.29 is 26.6 Å². The number of nitrogens with zero attached hydrogens (tertiary/aromatic N) is 2. The fraction of sp³-hybridized carbons (Fsp3) is 0.370. The number of quaternary nitrogens is 1. The van der Waals surface area contributed by atoms with Gasteiger partial charge in [-0.1, -0.05) is 54.1 Å². The highest BCUT2D eigenvalue weighted by atomic mass is 79.9. The predicted molar refractivity (Wildman–Crippen MR) is 122 cm³/mol. The molecule has 5 atom stereocenters. The molecule has 4 unspecified atom stereocenters. The lowest BCUT2D eigenvalue weighted by Gasteiger charge is -2.58. The minimum atomic E-state index is -0.489. The molecule has 162 valence electrons. The zero-order chi connectivity index (χ0) is 20.7. The van der Waals surface area contributed by atoms with Gasteiger partial charge in [-0.05, 0) is 30.5 Å². The van der Waals surface area contributed by atoms with Gasteiger partial charge in [0, 0.05) is 35.9 Å². The van der Waals surface area contributed by atoms with E-state index in [0.717, 1.165) is 47.0 Å². The highest BCUT2D eigenvalue weighted by Crippen LogP contribution is 2.48. The fourth-order valence-electron chi connectivity index (χ4n) is 6.02. The molecule has 3 saturated heterocycles. The van der Waals surface area contributed by atoms with E-state index in [1.165, 1.54) is 17.5 Å². The van der Waals surface area contributed by atoms with E-state index in [-0.39, 0.29) is 23.0 Å². The largest absolute Gasteiger partial charge is 1.00 e. The smallest absolute Gasteiger partial charge is 0.131 e. The summed E-state index contributed by atoms with van der Waals surface area (Å²) < 4.78 is 0.952. The lowest BCUT2D eigenvalue weighted by molar-refractivity contribution is -0.984. The molecule has 3 aliphatic rings. The third kappa shape index (κ3) is 3.97. The van der Waals surface area contributed by atoms with Crippen molar-refractivity contribution in [3.8, 4) is 0 Å². The van der Waals surface area contributed by atoms with Crippen LogP contribution in [0.4, 0.5) is 0 Å². The van der Waals surface area contributed by atoms with Crippen LogP contribution in [0.1, 0.15) is 35.6 Å². The van der Waals surface area contributed by atoms with Gasteiger partial charge in [-0.25, -0.2) is 0 Å². The van der Waals surface area contributed by atoms with Gasteiger partial charge < -0.3 is 26.6 Å². The standard InChI is InChI=1S/C27H31N2O.BrH/c1-3-21-18-29(17-20-10-8-19(2)9-11-20)15-13-22(21)16-26(29)27(30)24-12-14-28-25-7-5-4-6-23(24)25;/h3-12,14,21-22,26-27,30H,1,13,15-18H2,2H3;1H/q+1;/p-1/t21?,22?,26?,27-,29?;/m1./s1. The Hall–Kier alpha value is -2.01. The van der Waals surface area contributed by atoms with E-state index in [2.05, 4.69) is 54.9 Å². The summed E-state index contributed by atoms with van der Waals surface area (Å²) in [5.41, 5.74) is 4.63. The van der Waals surface area contributed by atoms with Gasteiger partial charge in [0.25, 0.3) is 0 Å². The molecule has 0 spiro atoms. The third-order valence-electron chi connectivity index (χ3n) is 7.66. The number of hydrogen-bond acceptors (Lipinski definition) is 2. The Morgan fingerprint density at radius 1 is 1.16 bits per heavy atom. The number of rotatable bonds is 5. The lowest BCUT2D eigenvalue weighted by Crippen LogP contribution is -3.00. The summed E-state index contributed by atoms with van der Waals surface area (Å²) in [6.07, 6.45) is 5.80. The summed E-state index contributed by atoms with van der Waals surface area (Å²) >= 11 is 0. The van der Waals surface area contributed by atoms with Gasteiger partial charge in [0.1, 0.15) is 18.7 Å². The van der Waals surface area contributed by atoms with E-state index in [4.69, 9.17) is 0 Å². The molecular formula is C27H31BrN2O. The molecule has 3 nitrogen and oxygen atoms in total. The van der Waals surface area contributed by atoms with Crippen molar-refractivity contribution in [1.29, 1.82) is 0 Å². The number of halogens is 1. The van der Waals surface area contributed by atoms with E-state index in [9.17, 15) is 5.11 Å². The number of benzene rings is 2. The molecule has 4 heteroatoms. The van der Waals surface area contributed by atoms with Gasteiger partial charge in [0.2, 0.25) is 0 Å². The van der Waals surface area contributed by atoms with E-state index < -0.39 is 6.10 Å². The SMILES string of the molecule is C=CC1C[N+]2(Cc3ccc(C)cc3)CCC1CC2[C@H](O)c1ccnc2ccccc12.[Br-]. The van der Waals surface area contributed by atoms with Gasteiger partial charge >= 0.3 is 0 Å². The van der Waals surface area contributed by atoms with Gasteiger partial charge in [0.15, 0.2) is 0 Å². The van der Waals surface area contributed by atoms with Crippen molar-refractivity contribution >= 4 is 10.9 Å². The van der Waals surface area contributed by atoms with Crippen molar-refractivity contribution in [3.63, 3.8) is 0 Å². The summed E-state index contributed by atoms with van der Waals surface area (Å²) in [4.78, 5) is 4.51. The third-order valence-corrected chi connectivity index (χ3v) is 7.66. The monoisotopic (exact) mass is 478 g/mol. The predicted octanol–water partition coefficient (Wildman–Crippen LogP) is 2.19. The second-order valence-corrected chi connectivity index (χ2v) is 9.38. The average molecular weight is 479 g/mol. The van der Waals surface area contributed by atoms with E-state index in [1.807, 2.05) is 30.5 Å². The van der Waals surface area contributed by atoms with Gasteiger partial charge in [-0.15, -0.1) is 6.58 Å². The van der Waals surface area contributed by atoms with E-state index in [1.54, 1.807) is 0 Å². The Kier molecular flexibility index (Phi) is 6.34. The van der Waals surface area contributed by atoms with E-state index in [0.29, 0.717) is 11.8 Å². The van der Waals surface area contributed by atoms with Crippen LogP contribution < -0.4 is 17.0 Å². The van der Waals surface area contributed by atoms with Crippen LogP contribution in [-0.2, 0) is 6.54 Å². The maximum atomic E-state index is 11.7. The number of aliphatic hydroxyl groups is 1. The molecule has 4 heterocycles. The summed E-state index contributed by atoms with van der Waals surface area (Å²) in [6, 6.07) is 19.3. The fourth-order valence-corrected chi connectivity index (χ4v) is 6.02. The van der Waals surface area contributed by atoms with Crippen LogP contribution in [0.5, 0.6) is 0 Å². The molecule has 31 heavy (non-hydrogen) atoms. The molecule has 2 bridgehead atoms. The van der Waals surface area contributed by atoms with Gasteiger partial charge in [-0.3, -0.25) is 4.98 Å². The van der Waals surface area contributed by atoms with Crippen molar-refractivity contribution in [2.75, 3.05) is 13.1 Å². The topological polar surface area (TPSA) is 33.1 Å². The van der Waals surface area contributed by atoms with Crippen LogP contribution >= 0.6 is 0 Å². The summed E-state index contributed by atoms with van der Waals surface area (Å²) in [5, 5.41) is 12.8. The van der Waals surface area contributed by atoms with Crippen LogP contribution in [0.3, 0.4) is 0 Å². The van der Waals surface area contributed by atoms with Crippen molar-refractivity contribution in [1.82, 2.24) is 4.98 Å². The number of para-hydroxylation sites is 1.